The van der Waals surface area contributed by atoms with Crippen LogP contribution in [0, 0.1) is 0 Å². The predicted molar refractivity (Wildman–Crippen MR) is 116 cm³/mol. The SMILES string of the molecule is CCC(Oc1ccc(B2OC(C)(C)C(C)(C)O2)cc1)c1ccc(C(C)C)cc1. The first-order valence-corrected chi connectivity index (χ1v) is 10.3. The molecule has 0 spiro atoms. The second-order valence-electron chi connectivity index (χ2n) is 8.99. The fraction of sp³-hybridized carbons (Fsp3) is 0.500. The highest BCUT2D eigenvalue weighted by Gasteiger charge is 2.51. The smallest absolute Gasteiger partial charge is 0.486 e. The topological polar surface area (TPSA) is 27.7 Å². The molecule has 0 saturated carbocycles. The van der Waals surface area contributed by atoms with Gasteiger partial charge in [-0.2, -0.15) is 0 Å². The van der Waals surface area contributed by atoms with Gasteiger partial charge < -0.3 is 14.0 Å². The first kappa shape index (κ1) is 20.9. The van der Waals surface area contributed by atoms with Crippen LogP contribution in [0.5, 0.6) is 5.75 Å². The Balaban J connectivity index is 1.69. The van der Waals surface area contributed by atoms with Crippen molar-refractivity contribution in [2.24, 2.45) is 0 Å². The van der Waals surface area contributed by atoms with Gasteiger partial charge in [-0.25, -0.2) is 0 Å². The lowest BCUT2D eigenvalue weighted by atomic mass is 9.79. The van der Waals surface area contributed by atoms with Gasteiger partial charge in [-0.1, -0.05) is 57.2 Å². The van der Waals surface area contributed by atoms with Crippen LogP contribution in [0.2, 0.25) is 0 Å². The molecule has 0 amide bonds. The third-order valence-corrected chi connectivity index (χ3v) is 6.03. The van der Waals surface area contributed by atoms with Crippen LogP contribution >= 0.6 is 0 Å². The molecule has 0 aliphatic carbocycles. The van der Waals surface area contributed by atoms with Gasteiger partial charge in [0, 0.05) is 0 Å². The molecule has 0 N–H and O–H groups in total. The van der Waals surface area contributed by atoms with Crippen LogP contribution < -0.4 is 10.2 Å². The Morgan fingerprint density at radius 2 is 1.32 bits per heavy atom. The first-order chi connectivity index (χ1) is 13.1. The summed E-state index contributed by atoms with van der Waals surface area (Å²) in [5.41, 5.74) is 2.91. The summed E-state index contributed by atoms with van der Waals surface area (Å²) in [6, 6.07) is 16.8. The zero-order valence-electron chi connectivity index (χ0n) is 18.3. The summed E-state index contributed by atoms with van der Waals surface area (Å²) in [4.78, 5) is 0. The van der Waals surface area contributed by atoms with Gasteiger partial charge in [0.15, 0.2) is 0 Å². The van der Waals surface area contributed by atoms with Crippen molar-refractivity contribution in [3.8, 4) is 5.75 Å². The summed E-state index contributed by atoms with van der Waals surface area (Å²) in [5.74, 6) is 1.40. The predicted octanol–water partition coefficient (Wildman–Crippen LogP) is 5.64. The quantitative estimate of drug-likeness (QED) is 0.607. The van der Waals surface area contributed by atoms with Crippen molar-refractivity contribution in [3.63, 3.8) is 0 Å². The molecule has 1 heterocycles. The molecule has 0 aromatic heterocycles. The Labute approximate surface area is 170 Å². The monoisotopic (exact) mass is 380 g/mol. The highest BCUT2D eigenvalue weighted by atomic mass is 16.7. The van der Waals surface area contributed by atoms with Gasteiger partial charge in [0.2, 0.25) is 0 Å². The van der Waals surface area contributed by atoms with E-state index in [0.717, 1.165) is 17.6 Å². The molecule has 3 rings (SSSR count). The van der Waals surface area contributed by atoms with Crippen molar-refractivity contribution in [3.05, 3.63) is 59.7 Å². The number of hydrogen-bond acceptors (Lipinski definition) is 3. The highest BCUT2D eigenvalue weighted by Crippen LogP contribution is 2.36. The molecule has 2 aromatic rings. The van der Waals surface area contributed by atoms with E-state index in [-0.39, 0.29) is 24.4 Å². The first-order valence-electron chi connectivity index (χ1n) is 10.3. The van der Waals surface area contributed by atoms with Gasteiger partial charge in [0.1, 0.15) is 11.9 Å². The molecule has 1 aliphatic rings. The van der Waals surface area contributed by atoms with Gasteiger partial charge >= 0.3 is 7.12 Å². The molecule has 1 saturated heterocycles. The molecule has 1 atom stereocenters. The van der Waals surface area contributed by atoms with Crippen LogP contribution in [0.25, 0.3) is 0 Å². The lowest BCUT2D eigenvalue weighted by molar-refractivity contribution is 0.00578. The van der Waals surface area contributed by atoms with Gasteiger partial charge in [-0.3, -0.25) is 0 Å². The second kappa shape index (κ2) is 7.92. The Bertz CT molecular complexity index is 763. The van der Waals surface area contributed by atoms with Gasteiger partial charge in [-0.15, -0.1) is 0 Å². The number of benzene rings is 2. The maximum absolute atomic E-state index is 6.27. The van der Waals surface area contributed by atoms with Gasteiger partial charge in [-0.05, 0) is 68.8 Å². The lowest BCUT2D eigenvalue weighted by Gasteiger charge is -2.32. The van der Waals surface area contributed by atoms with Crippen molar-refractivity contribution in [1.82, 2.24) is 0 Å². The van der Waals surface area contributed by atoms with Crippen LogP contribution in [0.4, 0.5) is 0 Å². The van der Waals surface area contributed by atoms with Gasteiger partial charge in [0.25, 0.3) is 0 Å². The van der Waals surface area contributed by atoms with Crippen LogP contribution in [-0.4, -0.2) is 18.3 Å². The minimum atomic E-state index is -0.343. The molecular formula is C24H33BO3. The fourth-order valence-corrected chi connectivity index (χ4v) is 3.33. The molecule has 3 nitrogen and oxygen atoms in total. The summed E-state index contributed by atoms with van der Waals surface area (Å²) in [6.45, 7) is 14.9. The van der Waals surface area contributed by atoms with Crippen LogP contribution in [0.1, 0.15) is 78.0 Å². The third kappa shape index (κ3) is 4.28. The van der Waals surface area contributed by atoms with Crippen LogP contribution in [0.3, 0.4) is 0 Å². The number of hydrogen-bond donors (Lipinski definition) is 0. The normalized spacial score (nSPS) is 19.1. The van der Waals surface area contributed by atoms with Gasteiger partial charge in [0.05, 0.1) is 11.2 Å². The summed E-state index contributed by atoms with van der Waals surface area (Å²) in [5, 5.41) is 0. The van der Waals surface area contributed by atoms with E-state index < -0.39 is 0 Å². The van der Waals surface area contributed by atoms with E-state index in [4.69, 9.17) is 14.0 Å². The van der Waals surface area contributed by atoms with Crippen molar-refractivity contribution < 1.29 is 14.0 Å². The molecule has 28 heavy (non-hydrogen) atoms. The molecule has 0 bridgehead atoms. The summed E-state index contributed by atoms with van der Waals surface area (Å²) >= 11 is 0. The highest BCUT2D eigenvalue weighted by molar-refractivity contribution is 6.62. The largest absolute Gasteiger partial charge is 0.494 e. The van der Waals surface area contributed by atoms with E-state index in [1.807, 2.05) is 24.3 Å². The van der Waals surface area contributed by atoms with Crippen molar-refractivity contribution >= 4 is 12.6 Å². The minimum absolute atomic E-state index is 0.0453. The van der Waals surface area contributed by atoms with E-state index in [9.17, 15) is 0 Å². The summed E-state index contributed by atoms with van der Waals surface area (Å²) < 4.78 is 18.5. The maximum Gasteiger partial charge on any atom is 0.494 e. The zero-order valence-corrected chi connectivity index (χ0v) is 18.3. The standard InChI is InChI=1S/C24H33BO3/c1-8-22(19-11-9-18(10-12-19)17(2)3)26-21-15-13-20(14-16-21)25-27-23(4,5)24(6,7)28-25/h9-17,22H,8H2,1-7H3. The fourth-order valence-electron chi connectivity index (χ4n) is 3.33. The van der Waals surface area contributed by atoms with Crippen LogP contribution in [-0.2, 0) is 9.31 Å². The van der Waals surface area contributed by atoms with Crippen molar-refractivity contribution in [1.29, 1.82) is 0 Å². The summed E-state index contributed by atoms with van der Waals surface area (Å²) in [7, 11) is -0.343. The average Bonchev–Trinajstić information content (AvgIpc) is 2.87. The zero-order chi connectivity index (χ0) is 20.5. The lowest BCUT2D eigenvalue weighted by Crippen LogP contribution is -2.41. The Hall–Kier alpha value is -1.78. The minimum Gasteiger partial charge on any atom is -0.486 e. The van der Waals surface area contributed by atoms with E-state index in [2.05, 4.69) is 72.7 Å². The molecule has 2 aromatic carbocycles. The van der Waals surface area contributed by atoms with E-state index >= 15 is 0 Å². The maximum atomic E-state index is 6.27. The van der Waals surface area contributed by atoms with Crippen molar-refractivity contribution in [2.75, 3.05) is 0 Å². The summed E-state index contributed by atoms with van der Waals surface area (Å²) in [6.07, 6.45) is 0.962. The third-order valence-electron chi connectivity index (χ3n) is 6.03. The molecule has 1 aliphatic heterocycles. The Kier molecular flexibility index (Phi) is 5.93. The Morgan fingerprint density at radius 1 is 0.821 bits per heavy atom. The van der Waals surface area contributed by atoms with E-state index in [0.29, 0.717) is 5.92 Å². The Morgan fingerprint density at radius 3 is 1.79 bits per heavy atom. The molecule has 4 heteroatoms. The average molecular weight is 380 g/mol. The molecule has 1 unspecified atom stereocenters. The number of ether oxygens (including phenoxy) is 1. The van der Waals surface area contributed by atoms with E-state index in [1.165, 1.54) is 11.1 Å². The van der Waals surface area contributed by atoms with E-state index in [1.54, 1.807) is 0 Å². The molecule has 150 valence electrons. The molecule has 0 radical (unpaired) electrons. The van der Waals surface area contributed by atoms with Crippen molar-refractivity contribution in [2.45, 2.75) is 78.1 Å². The molecule has 1 fully saturated rings. The molecular weight excluding hydrogens is 347 g/mol. The van der Waals surface area contributed by atoms with Crippen LogP contribution in [0.15, 0.2) is 48.5 Å². The number of rotatable bonds is 6. The second-order valence-corrected chi connectivity index (χ2v) is 8.99.